The summed E-state index contributed by atoms with van der Waals surface area (Å²) in [6.45, 7) is 4.30. The zero-order valence-corrected chi connectivity index (χ0v) is 12.2. The number of nitrogens with zero attached hydrogens (tertiary/aromatic N) is 2. The lowest BCUT2D eigenvalue weighted by Crippen LogP contribution is -2.52. The summed E-state index contributed by atoms with van der Waals surface area (Å²) in [5.74, 6) is 0.605. The molecule has 0 saturated heterocycles. The van der Waals surface area contributed by atoms with E-state index >= 15 is 0 Å². The summed E-state index contributed by atoms with van der Waals surface area (Å²) < 4.78 is 5.14. The van der Waals surface area contributed by atoms with Crippen LogP contribution in [0.25, 0.3) is 0 Å². The van der Waals surface area contributed by atoms with Gasteiger partial charge in [0.15, 0.2) is 5.96 Å². The van der Waals surface area contributed by atoms with Crippen molar-refractivity contribution in [3.8, 4) is 0 Å². The summed E-state index contributed by atoms with van der Waals surface area (Å²) in [6, 6.07) is 7.94. The van der Waals surface area contributed by atoms with Crippen molar-refractivity contribution in [3.63, 3.8) is 0 Å². The van der Waals surface area contributed by atoms with Crippen LogP contribution in [0, 0.1) is 0 Å². The highest BCUT2D eigenvalue weighted by atomic mass is 35.5. The lowest BCUT2D eigenvalue weighted by Gasteiger charge is -2.36. The van der Waals surface area contributed by atoms with Crippen LogP contribution in [0.4, 0.5) is 0 Å². The summed E-state index contributed by atoms with van der Waals surface area (Å²) in [5.41, 5.74) is 7.12. The Balaban J connectivity index is 2.10. The molecule has 5 heteroatoms. The molecule has 1 aliphatic heterocycles. The number of guanidine groups is 1. The number of hydrogen-bond acceptors (Lipinski definition) is 4. The first-order chi connectivity index (χ1) is 9.05. The molecule has 0 spiro atoms. The molecule has 104 valence electrons. The first-order valence-corrected chi connectivity index (χ1v) is 6.74. The third-order valence-corrected chi connectivity index (χ3v) is 3.78. The Labute approximate surface area is 119 Å². The maximum atomic E-state index is 5.97. The lowest BCUT2D eigenvalue weighted by molar-refractivity contribution is 0.137. The Kier molecular flexibility index (Phi) is 4.32. The quantitative estimate of drug-likeness (QED) is 0.897. The molecule has 4 nitrogen and oxygen atoms in total. The van der Waals surface area contributed by atoms with Gasteiger partial charge in [-0.1, -0.05) is 23.7 Å². The zero-order valence-electron chi connectivity index (χ0n) is 11.4. The fourth-order valence-electron chi connectivity index (χ4n) is 2.46. The second-order valence-corrected chi connectivity index (χ2v) is 5.56. The molecule has 1 aromatic rings. The molecule has 0 amide bonds. The van der Waals surface area contributed by atoms with Crippen molar-refractivity contribution in [2.24, 2.45) is 10.7 Å². The minimum absolute atomic E-state index is 0.0869. The third-order valence-electron chi connectivity index (χ3n) is 3.53. The molecule has 1 heterocycles. The summed E-state index contributed by atoms with van der Waals surface area (Å²) in [7, 11) is 1.69. The van der Waals surface area contributed by atoms with E-state index in [-0.39, 0.29) is 5.54 Å². The predicted molar refractivity (Wildman–Crippen MR) is 78.6 cm³/mol. The fourth-order valence-corrected chi connectivity index (χ4v) is 2.58. The molecule has 1 aliphatic rings. The van der Waals surface area contributed by atoms with E-state index in [0.29, 0.717) is 19.1 Å². The molecule has 0 saturated carbocycles. The molecule has 2 rings (SSSR count). The maximum absolute atomic E-state index is 5.97. The van der Waals surface area contributed by atoms with Crippen molar-refractivity contribution in [3.05, 3.63) is 34.9 Å². The van der Waals surface area contributed by atoms with Crippen LogP contribution in [-0.2, 0) is 11.2 Å². The van der Waals surface area contributed by atoms with E-state index in [1.165, 1.54) is 5.56 Å². The third kappa shape index (κ3) is 3.19. The Bertz CT molecular complexity index is 460. The molecule has 2 N–H and O–H groups in total. The van der Waals surface area contributed by atoms with E-state index < -0.39 is 0 Å². The Morgan fingerprint density at radius 1 is 1.42 bits per heavy atom. The number of rotatable bonds is 5. The van der Waals surface area contributed by atoms with Gasteiger partial charge in [-0.05, 0) is 31.0 Å². The number of nitrogens with two attached hydrogens (primary N) is 1. The largest absolute Gasteiger partial charge is 0.383 e. The first kappa shape index (κ1) is 14.2. The van der Waals surface area contributed by atoms with Crippen LogP contribution in [0.1, 0.15) is 12.5 Å². The molecule has 0 aliphatic carbocycles. The number of halogens is 1. The van der Waals surface area contributed by atoms with Gasteiger partial charge >= 0.3 is 0 Å². The van der Waals surface area contributed by atoms with Gasteiger partial charge in [-0.15, -0.1) is 0 Å². The molecule has 0 fully saturated rings. The summed E-state index contributed by atoms with van der Waals surface area (Å²) in [6.07, 6.45) is 0.887. The van der Waals surface area contributed by atoms with Gasteiger partial charge in [0, 0.05) is 18.7 Å². The smallest absolute Gasteiger partial charge is 0.191 e. The molecule has 0 bridgehead atoms. The van der Waals surface area contributed by atoms with Crippen LogP contribution in [0.5, 0.6) is 0 Å². The lowest BCUT2D eigenvalue weighted by atomic mass is 9.92. The van der Waals surface area contributed by atoms with Crippen LogP contribution in [-0.4, -0.2) is 43.2 Å². The predicted octanol–water partition coefficient (Wildman–Crippen LogP) is 1.92. The van der Waals surface area contributed by atoms with Gasteiger partial charge in [0.25, 0.3) is 0 Å². The summed E-state index contributed by atoms with van der Waals surface area (Å²) >= 11 is 5.91. The van der Waals surface area contributed by atoms with Crippen molar-refractivity contribution in [1.82, 2.24) is 4.90 Å². The van der Waals surface area contributed by atoms with Crippen LogP contribution in [0.2, 0.25) is 5.02 Å². The molecule has 0 aromatic heterocycles. The zero-order chi connectivity index (χ0) is 13.9. The van der Waals surface area contributed by atoms with Gasteiger partial charge in [-0.25, -0.2) is 0 Å². The highest BCUT2D eigenvalue weighted by Crippen LogP contribution is 2.26. The minimum atomic E-state index is -0.0869. The highest BCUT2D eigenvalue weighted by molar-refractivity contribution is 6.30. The molecule has 1 unspecified atom stereocenters. The van der Waals surface area contributed by atoms with Crippen molar-refractivity contribution < 1.29 is 4.74 Å². The van der Waals surface area contributed by atoms with E-state index in [4.69, 9.17) is 22.1 Å². The van der Waals surface area contributed by atoms with Crippen LogP contribution >= 0.6 is 11.6 Å². The van der Waals surface area contributed by atoms with Crippen LogP contribution in [0.15, 0.2) is 29.3 Å². The molecule has 0 radical (unpaired) electrons. The second-order valence-electron chi connectivity index (χ2n) is 5.12. The standard InChI is InChI=1S/C14H20ClN3O/c1-14(9-11-3-5-12(15)6-4-11)10-17-13(16)18(14)7-8-19-2/h3-6H,7-10H2,1-2H3,(H2,16,17). The molecule has 1 aromatic carbocycles. The van der Waals surface area contributed by atoms with E-state index in [1.54, 1.807) is 7.11 Å². The topological polar surface area (TPSA) is 50.9 Å². The van der Waals surface area contributed by atoms with E-state index in [1.807, 2.05) is 12.1 Å². The van der Waals surface area contributed by atoms with Gasteiger partial charge in [0.1, 0.15) is 0 Å². The Morgan fingerprint density at radius 3 is 2.74 bits per heavy atom. The average molecular weight is 282 g/mol. The summed E-state index contributed by atoms with van der Waals surface area (Å²) in [5, 5.41) is 0.757. The van der Waals surface area contributed by atoms with Crippen molar-refractivity contribution >= 4 is 17.6 Å². The highest BCUT2D eigenvalue weighted by Gasteiger charge is 2.37. The number of methoxy groups -OCH3 is 1. The summed E-state index contributed by atoms with van der Waals surface area (Å²) in [4.78, 5) is 6.51. The number of benzene rings is 1. The van der Waals surface area contributed by atoms with E-state index in [0.717, 1.165) is 18.0 Å². The van der Waals surface area contributed by atoms with Crippen molar-refractivity contribution in [1.29, 1.82) is 0 Å². The first-order valence-electron chi connectivity index (χ1n) is 6.36. The second kappa shape index (κ2) is 5.80. The number of aliphatic imine (C=N–C) groups is 1. The molecular formula is C14H20ClN3O. The molecular weight excluding hydrogens is 262 g/mol. The minimum Gasteiger partial charge on any atom is -0.383 e. The maximum Gasteiger partial charge on any atom is 0.191 e. The monoisotopic (exact) mass is 281 g/mol. The Hall–Kier alpha value is -1.26. The molecule has 1 atom stereocenters. The number of ether oxygens (including phenoxy) is 1. The van der Waals surface area contributed by atoms with Gasteiger partial charge in [0.2, 0.25) is 0 Å². The van der Waals surface area contributed by atoms with Gasteiger partial charge in [-0.2, -0.15) is 0 Å². The van der Waals surface area contributed by atoms with Crippen molar-refractivity contribution in [2.45, 2.75) is 18.9 Å². The van der Waals surface area contributed by atoms with Crippen molar-refractivity contribution in [2.75, 3.05) is 26.8 Å². The van der Waals surface area contributed by atoms with Gasteiger partial charge < -0.3 is 15.4 Å². The van der Waals surface area contributed by atoms with Gasteiger partial charge in [0.05, 0.1) is 18.7 Å². The van der Waals surface area contributed by atoms with E-state index in [2.05, 4.69) is 28.9 Å². The SMILES string of the molecule is COCCN1C(N)=NCC1(C)Cc1ccc(Cl)cc1. The fraction of sp³-hybridized carbons (Fsp3) is 0.500. The van der Waals surface area contributed by atoms with E-state index in [9.17, 15) is 0 Å². The average Bonchev–Trinajstić information content (AvgIpc) is 2.66. The number of hydrogen-bond donors (Lipinski definition) is 1. The normalized spacial score (nSPS) is 22.7. The Morgan fingerprint density at radius 2 is 2.11 bits per heavy atom. The van der Waals surface area contributed by atoms with Crippen LogP contribution < -0.4 is 5.73 Å². The van der Waals surface area contributed by atoms with Gasteiger partial charge in [-0.3, -0.25) is 4.99 Å². The molecule has 19 heavy (non-hydrogen) atoms. The van der Waals surface area contributed by atoms with Crippen LogP contribution in [0.3, 0.4) is 0 Å².